The molecule has 122 valence electrons. The smallest absolute Gasteiger partial charge is 0.120 e. The molecular formula is C18H23N3O2. The first-order valence-electron chi connectivity index (χ1n) is 7.43. The van der Waals surface area contributed by atoms with Gasteiger partial charge in [-0.15, -0.1) is 0 Å². The second kappa shape index (κ2) is 10.1. The van der Waals surface area contributed by atoms with Gasteiger partial charge in [-0.05, 0) is 50.1 Å². The van der Waals surface area contributed by atoms with Gasteiger partial charge in [-0.2, -0.15) is 5.10 Å². The number of carbonyl (C=O) groups is 1. The Hall–Kier alpha value is -2.69. The first kappa shape index (κ1) is 18.4. The maximum Gasteiger partial charge on any atom is 0.120 e. The molecule has 1 aromatic carbocycles. The fraction of sp³-hybridized carbons (Fsp3) is 0.278. The lowest BCUT2D eigenvalue weighted by Crippen LogP contribution is -2.05. The summed E-state index contributed by atoms with van der Waals surface area (Å²) >= 11 is 0. The van der Waals surface area contributed by atoms with Crippen molar-refractivity contribution in [2.75, 3.05) is 7.05 Å². The Labute approximate surface area is 137 Å². The summed E-state index contributed by atoms with van der Waals surface area (Å²) in [6.07, 6.45) is 2.20. The molecular weight excluding hydrogens is 290 g/mol. The van der Waals surface area contributed by atoms with Crippen LogP contribution in [0.25, 0.3) is 0 Å². The molecule has 2 N–H and O–H groups in total. The number of phenols is 1. The zero-order chi connectivity index (χ0) is 17.1. The largest absolute Gasteiger partial charge is 0.508 e. The van der Waals surface area contributed by atoms with E-state index in [-0.39, 0.29) is 5.75 Å². The van der Waals surface area contributed by atoms with Crippen LogP contribution >= 0.6 is 0 Å². The van der Waals surface area contributed by atoms with Gasteiger partial charge in [0.2, 0.25) is 0 Å². The molecule has 0 bridgehead atoms. The predicted octanol–water partition coefficient (Wildman–Crippen LogP) is 2.86. The van der Waals surface area contributed by atoms with Crippen LogP contribution in [0.15, 0.2) is 47.6 Å². The standard InChI is InChI=1S/C9H13N3.C9H10O2/c1-7-5-4-6-9(11-7)8(2)12-10-3;10-7-1-2-8-3-5-9(11)6-4-8/h4-6,10H,1-3H3;3-7,11H,1-2H2/b12-8+;. The van der Waals surface area contributed by atoms with Gasteiger partial charge in [-0.25, -0.2) is 0 Å². The summed E-state index contributed by atoms with van der Waals surface area (Å²) in [6, 6.07) is 12.8. The molecule has 2 rings (SSSR count). The molecule has 0 unspecified atom stereocenters. The first-order valence-corrected chi connectivity index (χ1v) is 7.43. The summed E-state index contributed by atoms with van der Waals surface area (Å²) in [4.78, 5) is 14.3. The van der Waals surface area contributed by atoms with Crippen LogP contribution in [-0.4, -0.2) is 29.1 Å². The average molecular weight is 313 g/mol. The Morgan fingerprint density at radius 2 is 1.96 bits per heavy atom. The monoisotopic (exact) mass is 313 g/mol. The van der Waals surface area contributed by atoms with Crippen LogP contribution in [0.2, 0.25) is 0 Å². The average Bonchev–Trinajstić information content (AvgIpc) is 2.55. The highest BCUT2D eigenvalue weighted by Crippen LogP contribution is 2.10. The second-order valence-corrected chi connectivity index (χ2v) is 4.96. The lowest BCUT2D eigenvalue weighted by atomic mass is 10.1. The van der Waals surface area contributed by atoms with Gasteiger partial charge < -0.3 is 15.3 Å². The highest BCUT2D eigenvalue weighted by atomic mass is 16.3. The highest BCUT2D eigenvalue weighted by molar-refractivity contribution is 5.96. The molecule has 0 aliphatic carbocycles. The van der Waals surface area contributed by atoms with Crippen molar-refractivity contribution in [3.63, 3.8) is 0 Å². The van der Waals surface area contributed by atoms with Crippen molar-refractivity contribution in [3.05, 3.63) is 59.4 Å². The van der Waals surface area contributed by atoms with Gasteiger partial charge in [0.1, 0.15) is 12.0 Å². The quantitative estimate of drug-likeness (QED) is 0.506. The number of aromatic hydroxyl groups is 1. The van der Waals surface area contributed by atoms with Crippen molar-refractivity contribution in [2.24, 2.45) is 5.10 Å². The van der Waals surface area contributed by atoms with Gasteiger partial charge in [0.05, 0.1) is 11.4 Å². The molecule has 0 spiro atoms. The summed E-state index contributed by atoms with van der Waals surface area (Å²) in [6.45, 7) is 3.90. The van der Waals surface area contributed by atoms with Crippen LogP contribution in [0.1, 0.15) is 30.3 Å². The van der Waals surface area contributed by atoms with E-state index in [1.54, 1.807) is 19.2 Å². The number of aromatic nitrogens is 1. The van der Waals surface area contributed by atoms with Crippen LogP contribution < -0.4 is 5.43 Å². The number of aldehydes is 1. The molecule has 0 aliphatic rings. The number of hydrogen-bond acceptors (Lipinski definition) is 5. The Morgan fingerprint density at radius 1 is 1.26 bits per heavy atom. The molecule has 5 nitrogen and oxygen atoms in total. The van der Waals surface area contributed by atoms with Gasteiger partial charge in [0, 0.05) is 19.2 Å². The minimum Gasteiger partial charge on any atom is -0.508 e. The predicted molar refractivity (Wildman–Crippen MR) is 92.7 cm³/mol. The van der Waals surface area contributed by atoms with Crippen molar-refractivity contribution in [1.82, 2.24) is 10.4 Å². The maximum absolute atomic E-state index is 10.00. The normalized spacial score (nSPS) is 10.5. The summed E-state index contributed by atoms with van der Waals surface area (Å²) in [5.41, 5.74) is 6.65. The highest BCUT2D eigenvalue weighted by Gasteiger charge is 1.97. The van der Waals surface area contributed by atoms with Crippen LogP contribution in [0, 0.1) is 6.92 Å². The van der Waals surface area contributed by atoms with Crippen LogP contribution in [0.5, 0.6) is 5.75 Å². The van der Waals surface area contributed by atoms with Crippen molar-refractivity contribution in [2.45, 2.75) is 26.7 Å². The number of rotatable bonds is 5. The molecule has 0 saturated carbocycles. The van der Waals surface area contributed by atoms with Crippen molar-refractivity contribution in [1.29, 1.82) is 0 Å². The third-order valence-corrected chi connectivity index (χ3v) is 3.03. The van der Waals surface area contributed by atoms with Gasteiger partial charge in [-0.1, -0.05) is 18.2 Å². The maximum atomic E-state index is 10.00. The third kappa shape index (κ3) is 7.22. The van der Waals surface area contributed by atoms with Crippen molar-refractivity contribution >= 4 is 12.0 Å². The summed E-state index contributed by atoms with van der Waals surface area (Å²) < 4.78 is 0. The SMILES string of the molecule is CN/N=C(\C)c1cccc(C)n1.O=CCCc1ccc(O)cc1. The second-order valence-electron chi connectivity index (χ2n) is 4.96. The van der Waals surface area contributed by atoms with Gasteiger partial charge in [0.25, 0.3) is 0 Å². The Morgan fingerprint density at radius 3 is 2.52 bits per heavy atom. The number of benzene rings is 1. The molecule has 1 aromatic heterocycles. The first-order chi connectivity index (χ1) is 11.1. The van der Waals surface area contributed by atoms with E-state index in [0.29, 0.717) is 6.42 Å². The Kier molecular flexibility index (Phi) is 8.07. The Balaban J connectivity index is 0.000000231. The van der Waals surface area contributed by atoms with E-state index >= 15 is 0 Å². The number of phenolic OH excluding ortho intramolecular Hbond substituents is 1. The number of aryl methyl sites for hydroxylation is 2. The molecule has 0 fully saturated rings. The molecule has 0 saturated heterocycles. The molecule has 0 atom stereocenters. The zero-order valence-corrected chi connectivity index (χ0v) is 13.8. The topological polar surface area (TPSA) is 74.6 Å². The number of nitrogens with zero attached hydrogens (tertiary/aromatic N) is 2. The molecule has 23 heavy (non-hydrogen) atoms. The van der Waals surface area contributed by atoms with Crippen LogP contribution in [-0.2, 0) is 11.2 Å². The molecule has 0 amide bonds. The third-order valence-electron chi connectivity index (χ3n) is 3.03. The number of carbonyl (C=O) groups excluding carboxylic acids is 1. The minimum absolute atomic E-state index is 0.264. The van der Waals surface area contributed by atoms with E-state index in [1.165, 1.54) is 0 Å². The summed E-state index contributed by atoms with van der Waals surface area (Å²) in [5, 5.41) is 13.0. The van der Waals surface area contributed by atoms with E-state index in [9.17, 15) is 4.79 Å². The van der Waals surface area contributed by atoms with E-state index in [2.05, 4.69) is 15.5 Å². The van der Waals surface area contributed by atoms with E-state index < -0.39 is 0 Å². The molecule has 0 aliphatic heterocycles. The number of hydrogen-bond donors (Lipinski definition) is 2. The van der Waals surface area contributed by atoms with Crippen molar-refractivity contribution in [3.8, 4) is 5.75 Å². The Bertz CT molecular complexity index is 637. The van der Waals surface area contributed by atoms with E-state index in [4.69, 9.17) is 5.11 Å². The fourth-order valence-electron chi connectivity index (χ4n) is 1.86. The number of nitrogens with one attached hydrogen (secondary N) is 1. The molecule has 1 heterocycles. The molecule has 2 aromatic rings. The zero-order valence-electron chi connectivity index (χ0n) is 13.8. The van der Waals surface area contributed by atoms with Crippen LogP contribution in [0.4, 0.5) is 0 Å². The van der Waals surface area contributed by atoms with Crippen molar-refractivity contribution < 1.29 is 9.90 Å². The number of hydrazone groups is 1. The summed E-state index contributed by atoms with van der Waals surface area (Å²) in [5.74, 6) is 0.264. The lowest BCUT2D eigenvalue weighted by molar-refractivity contribution is -0.107. The molecule has 5 heteroatoms. The number of pyridine rings is 1. The fourth-order valence-corrected chi connectivity index (χ4v) is 1.86. The lowest BCUT2D eigenvalue weighted by Gasteiger charge is -1.99. The van der Waals surface area contributed by atoms with Crippen LogP contribution in [0.3, 0.4) is 0 Å². The minimum atomic E-state index is 0.264. The summed E-state index contributed by atoms with van der Waals surface area (Å²) in [7, 11) is 1.78. The van der Waals surface area contributed by atoms with Gasteiger partial charge in [0.15, 0.2) is 0 Å². The van der Waals surface area contributed by atoms with Gasteiger partial charge >= 0.3 is 0 Å². The molecule has 0 radical (unpaired) electrons. The van der Waals surface area contributed by atoms with E-state index in [0.717, 1.165) is 35.4 Å². The van der Waals surface area contributed by atoms with Gasteiger partial charge in [-0.3, -0.25) is 4.98 Å². The van der Waals surface area contributed by atoms with E-state index in [1.807, 2.05) is 44.2 Å².